The Morgan fingerprint density at radius 3 is 2.24 bits per heavy atom. The van der Waals surface area contributed by atoms with Crippen LogP contribution >= 0.6 is 0 Å². The van der Waals surface area contributed by atoms with Gasteiger partial charge in [0.05, 0.1) is 11.4 Å². The molecule has 1 aromatic carbocycles. The minimum Gasteiger partial charge on any atom is -0.397 e. The Labute approximate surface area is 177 Å². The Morgan fingerprint density at radius 2 is 1.41 bits per heavy atom. The normalized spacial score (nSPS) is 46.1. The first kappa shape index (κ1) is 18.6. The predicted molar refractivity (Wildman–Crippen MR) is 122 cm³/mol. The first-order valence-corrected chi connectivity index (χ1v) is 12.8. The highest BCUT2D eigenvalue weighted by Gasteiger charge is 2.48. The lowest BCUT2D eigenvalue weighted by Gasteiger charge is -2.51. The average molecular weight is 393 g/mol. The molecule has 158 valence electrons. The fourth-order valence-corrected chi connectivity index (χ4v) is 9.18. The van der Waals surface area contributed by atoms with Crippen LogP contribution in [0.2, 0.25) is 0 Å². The molecule has 7 atom stereocenters. The number of benzene rings is 1. The third-order valence-electron chi connectivity index (χ3n) is 10.1. The van der Waals surface area contributed by atoms with Crippen molar-refractivity contribution >= 4 is 11.4 Å². The zero-order valence-corrected chi connectivity index (χ0v) is 18.1. The van der Waals surface area contributed by atoms with E-state index in [1.165, 1.54) is 32.1 Å². The maximum absolute atomic E-state index is 6.24. The van der Waals surface area contributed by atoms with Gasteiger partial charge in [-0.15, -0.1) is 0 Å². The maximum Gasteiger partial charge on any atom is 0.0576 e. The van der Waals surface area contributed by atoms with Crippen LogP contribution in [0, 0.1) is 47.3 Å². The molecule has 6 aliphatic rings. The Bertz CT molecular complexity index is 715. The number of nitrogens with two attached hydrogens (primary N) is 1. The second kappa shape index (κ2) is 7.50. The topological polar surface area (TPSA) is 38.0 Å². The third kappa shape index (κ3) is 3.49. The smallest absolute Gasteiger partial charge is 0.0576 e. The molecule has 1 aromatic rings. The fraction of sp³-hybridized carbons (Fsp3) is 0.778. The zero-order chi connectivity index (χ0) is 19.4. The van der Waals surface area contributed by atoms with Crippen LogP contribution in [-0.4, -0.2) is 6.04 Å². The Morgan fingerprint density at radius 1 is 0.655 bits per heavy atom. The molecule has 0 aromatic heterocycles. The zero-order valence-electron chi connectivity index (χ0n) is 18.1. The summed E-state index contributed by atoms with van der Waals surface area (Å²) < 4.78 is 0. The van der Waals surface area contributed by atoms with Crippen molar-refractivity contribution in [2.24, 2.45) is 47.3 Å². The van der Waals surface area contributed by atoms with Gasteiger partial charge in [0.15, 0.2) is 0 Å². The molecule has 7 rings (SSSR count). The summed E-state index contributed by atoms with van der Waals surface area (Å²) in [5.74, 6) is 8.37. The quantitative estimate of drug-likeness (QED) is 0.560. The van der Waals surface area contributed by atoms with Gasteiger partial charge in [0.25, 0.3) is 0 Å². The van der Waals surface area contributed by atoms with Crippen molar-refractivity contribution in [3.8, 4) is 0 Å². The number of rotatable bonds is 3. The number of hydrogen-bond donors (Lipinski definition) is 2. The van der Waals surface area contributed by atoms with Crippen molar-refractivity contribution in [2.45, 2.75) is 83.1 Å². The molecule has 6 bridgehead atoms. The molecule has 0 saturated heterocycles. The molecule has 6 fully saturated rings. The largest absolute Gasteiger partial charge is 0.397 e. The average Bonchev–Trinajstić information content (AvgIpc) is 2.94. The van der Waals surface area contributed by atoms with Crippen LogP contribution in [-0.2, 0) is 0 Å². The van der Waals surface area contributed by atoms with Gasteiger partial charge in [-0.3, -0.25) is 0 Å². The van der Waals surface area contributed by atoms with Crippen LogP contribution in [0.4, 0.5) is 11.4 Å². The minimum absolute atomic E-state index is 0.632. The molecule has 0 radical (unpaired) electrons. The van der Waals surface area contributed by atoms with Gasteiger partial charge in [0.2, 0.25) is 0 Å². The monoisotopic (exact) mass is 392 g/mol. The Balaban J connectivity index is 1.20. The highest BCUT2D eigenvalue weighted by molar-refractivity contribution is 5.66. The van der Waals surface area contributed by atoms with E-state index in [1.54, 1.807) is 44.9 Å². The molecule has 6 aliphatic carbocycles. The summed E-state index contributed by atoms with van der Waals surface area (Å²) in [7, 11) is 0. The van der Waals surface area contributed by atoms with Gasteiger partial charge in [0.1, 0.15) is 0 Å². The first-order valence-electron chi connectivity index (χ1n) is 12.8. The van der Waals surface area contributed by atoms with Crippen molar-refractivity contribution in [3.63, 3.8) is 0 Å². The summed E-state index contributed by atoms with van der Waals surface area (Å²) in [5.41, 5.74) is 8.31. The summed E-state index contributed by atoms with van der Waals surface area (Å²) in [6.45, 7) is 0. The van der Waals surface area contributed by atoms with Crippen LogP contribution in [0.25, 0.3) is 0 Å². The minimum atomic E-state index is 0.632. The molecule has 0 amide bonds. The fourth-order valence-electron chi connectivity index (χ4n) is 9.18. The second-order valence-corrected chi connectivity index (χ2v) is 11.7. The van der Waals surface area contributed by atoms with E-state index >= 15 is 0 Å². The molecular formula is C27H40N2. The first-order chi connectivity index (χ1) is 14.2. The number of nitrogens with one attached hydrogen (secondary N) is 1. The van der Waals surface area contributed by atoms with Crippen LogP contribution < -0.4 is 11.1 Å². The van der Waals surface area contributed by atoms with Crippen LogP contribution in [0.3, 0.4) is 0 Å². The molecule has 2 nitrogen and oxygen atoms in total. The summed E-state index contributed by atoms with van der Waals surface area (Å²) in [4.78, 5) is 0. The van der Waals surface area contributed by atoms with Gasteiger partial charge in [0, 0.05) is 6.04 Å². The molecule has 0 spiro atoms. The molecular weight excluding hydrogens is 352 g/mol. The predicted octanol–water partition coefficient (Wildman–Crippen LogP) is 6.73. The van der Waals surface area contributed by atoms with E-state index < -0.39 is 0 Å². The molecule has 3 N–H and O–H groups in total. The van der Waals surface area contributed by atoms with Gasteiger partial charge >= 0.3 is 0 Å². The number of hydrogen-bond acceptors (Lipinski definition) is 2. The lowest BCUT2D eigenvalue weighted by Crippen LogP contribution is -2.45. The number of para-hydroxylation sites is 2. The molecule has 7 unspecified atom stereocenters. The van der Waals surface area contributed by atoms with Gasteiger partial charge < -0.3 is 11.1 Å². The Hall–Kier alpha value is -1.18. The molecule has 2 heteroatoms. The van der Waals surface area contributed by atoms with Crippen LogP contribution in [0.1, 0.15) is 77.0 Å². The SMILES string of the molecule is Nc1ccccc1NC1CC2CCCC(C1)C2C1CC2CCC3CC(C2)CC3C1. The van der Waals surface area contributed by atoms with Crippen molar-refractivity contribution in [2.75, 3.05) is 11.1 Å². The molecule has 0 heterocycles. The third-order valence-corrected chi connectivity index (χ3v) is 10.1. The molecule has 0 aliphatic heterocycles. The maximum atomic E-state index is 6.24. The summed E-state index contributed by atoms with van der Waals surface area (Å²) >= 11 is 0. The van der Waals surface area contributed by atoms with E-state index in [9.17, 15) is 0 Å². The summed E-state index contributed by atoms with van der Waals surface area (Å²) in [6.07, 6.45) is 18.3. The number of nitrogen functional groups attached to an aromatic ring is 1. The van der Waals surface area contributed by atoms with E-state index in [2.05, 4.69) is 17.4 Å². The van der Waals surface area contributed by atoms with Gasteiger partial charge in [-0.1, -0.05) is 37.8 Å². The Kier molecular flexibility index (Phi) is 4.81. The van der Waals surface area contributed by atoms with Crippen molar-refractivity contribution in [1.82, 2.24) is 0 Å². The van der Waals surface area contributed by atoms with Crippen molar-refractivity contribution in [3.05, 3.63) is 24.3 Å². The lowest BCUT2D eigenvalue weighted by atomic mass is 9.55. The molecule has 29 heavy (non-hydrogen) atoms. The second-order valence-electron chi connectivity index (χ2n) is 11.7. The standard InChI is InChI=1S/C27H40N2/c28-25-6-1-2-7-26(25)29-24-15-20-4-3-5-21(16-24)27(20)23-11-17-8-9-19-12-18(10-17)13-22(19)14-23/h1-2,6-7,17-24,27,29H,3-5,8-16,28H2. The lowest BCUT2D eigenvalue weighted by molar-refractivity contribution is 0.00612. The summed E-state index contributed by atoms with van der Waals surface area (Å²) in [6, 6.07) is 8.99. The highest BCUT2D eigenvalue weighted by Crippen LogP contribution is 2.57. The number of anilines is 2. The van der Waals surface area contributed by atoms with Crippen LogP contribution in [0.15, 0.2) is 24.3 Å². The summed E-state index contributed by atoms with van der Waals surface area (Å²) in [5, 5.41) is 3.85. The molecule has 6 saturated carbocycles. The van der Waals surface area contributed by atoms with Gasteiger partial charge in [-0.2, -0.15) is 0 Å². The van der Waals surface area contributed by atoms with Crippen LogP contribution in [0.5, 0.6) is 0 Å². The van der Waals surface area contributed by atoms with Gasteiger partial charge in [-0.25, -0.2) is 0 Å². The van der Waals surface area contributed by atoms with E-state index in [4.69, 9.17) is 5.73 Å². The van der Waals surface area contributed by atoms with Crippen molar-refractivity contribution in [1.29, 1.82) is 0 Å². The van der Waals surface area contributed by atoms with E-state index in [-0.39, 0.29) is 0 Å². The van der Waals surface area contributed by atoms with E-state index in [0.717, 1.165) is 58.7 Å². The van der Waals surface area contributed by atoms with Gasteiger partial charge in [-0.05, 0) is 111 Å². The van der Waals surface area contributed by atoms with E-state index in [1.807, 2.05) is 12.1 Å². The number of fused-ring (bicyclic) bond motifs is 6. The highest BCUT2D eigenvalue weighted by atomic mass is 14.9. The van der Waals surface area contributed by atoms with Crippen molar-refractivity contribution < 1.29 is 0 Å². The van der Waals surface area contributed by atoms with E-state index in [0.29, 0.717) is 6.04 Å².